The second-order valence-corrected chi connectivity index (χ2v) is 4.70. The average molecular weight is 228 g/mol. The summed E-state index contributed by atoms with van der Waals surface area (Å²) in [6.45, 7) is 16.4. The normalized spacial score (nSPS) is 12.0. The van der Waals surface area contributed by atoms with Gasteiger partial charge >= 0.3 is 0 Å². The maximum atomic E-state index is 2.63. The molecule has 0 bridgehead atoms. The van der Waals surface area contributed by atoms with E-state index in [1.807, 2.05) is 0 Å². The first kappa shape index (κ1) is 15.9. The van der Waals surface area contributed by atoms with Crippen LogP contribution in [-0.2, 0) is 0 Å². The minimum Gasteiger partial charge on any atom is -0.288 e. The maximum absolute atomic E-state index is 2.63. The summed E-state index contributed by atoms with van der Waals surface area (Å²) in [6, 6.07) is 0. The molecule has 0 aromatic heterocycles. The fourth-order valence-corrected chi connectivity index (χ4v) is 2.35. The first-order valence-corrected chi connectivity index (χ1v) is 7.19. The van der Waals surface area contributed by atoms with Gasteiger partial charge in [0.15, 0.2) is 0 Å². The number of nitrogens with zero attached hydrogens (tertiary/aromatic N) is 2. The van der Waals surface area contributed by atoms with Crippen molar-refractivity contribution >= 4 is 0 Å². The van der Waals surface area contributed by atoms with Crippen molar-refractivity contribution in [1.29, 1.82) is 0 Å². The average Bonchev–Trinajstić information content (AvgIpc) is 2.27. The SMILES string of the molecule is CCCN(CCC)C(C)N(CCC)CCC. The van der Waals surface area contributed by atoms with Crippen molar-refractivity contribution in [1.82, 2.24) is 9.80 Å². The van der Waals surface area contributed by atoms with Crippen LogP contribution in [0.25, 0.3) is 0 Å². The fraction of sp³-hybridized carbons (Fsp3) is 1.00. The molecule has 0 heterocycles. The molecule has 0 rings (SSSR count). The Labute approximate surface area is 103 Å². The highest BCUT2D eigenvalue weighted by atomic mass is 15.3. The third-order valence-electron chi connectivity index (χ3n) is 3.10. The predicted octanol–water partition coefficient (Wildman–Crippen LogP) is 3.58. The summed E-state index contributed by atoms with van der Waals surface area (Å²) in [5, 5.41) is 0. The maximum Gasteiger partial charge on any atom is 0.0593 e. The Morgan fingerprint density at radius 1 is 0.625 bits per heavy atom. The van der Waals surface area contributed by atoms with Crippen LogP contribution in [0, 0.1) is 0 Å². The Morgan fingerprint density at radius 2 is 0.875 bits per heavy atom. The largest absolute Gasteiger partial charge is 0.288 e. The van der Waals surface area contributed by atoms with E-state index in [0.717, 1.165) is 0 Å². The molecule has 0 aromatic carbocycles. The second-order valence-electron chi connectivity index (χ2n) is 4.70. The lowest BCUT2D eigenvalue weighted by atomic mass is 10.2. The molecule has 0 saturated heterocycles. The molecule has 0 aliphatic carbocycles. The van der Waals surface area contributed by atoms with Gasteiger partial charge in [0.2, 0.25) is 0 Å². The van der Waals surface area contributed by atoms with Gasteiger partial charge in [-0.05, 0) is 58.8 Å². The molecule has 2 heteroatoms. The summed E-state index contributed by atoms with van der Waals surface area (Å²) < 4.78 is 0. The summed E-state index contributed by atoms with van der Waals surface area (Å²) in [5.74, 6) is 0. The minimum atomic E-state index is 0.611. The quantitative estimate of drug-likeness (QED) is 0.527. The van der Waals surface area contributed by atoms with Gasteiger partial charge in [-0.15, -0.1) is 0 Å². The lowest BCUT2D eigenvalue weighted by Gasteiger charge is -2.37. The Kier molecular flexibility index (Phi) is 10.0. The Bertz CT molecular complexity index is 120. The zero-order chi connectivity index (χ0) is 12.4. The van der Waals surface area contributed by atoms with E-state index in [1.165, 1.54) is 51.9 Å². The van der Waals surface area contributed by atoms with Crippen molar-refractivity contribution in [3.63, 3.8) is 0 Å². The lowest BCUT2D eigenvalue weighted by molar-refractivity contribution is 0.0542. The monoisotopic (exact) mass is 228 g/mol. The lowest BCUT2D eigenvalue weighted by Crippen LogP contribution is -2.47. The predicted molar refractivity (Wildman–Crippen MR) is 73.8 cm³/mol. The van der Waals surface area contributed by atoms with E-state index >= 15 is 0 Å². The van der Waals surface area contributed by atoms with Crippen molar-refractivity contribution in [2.24, 2.45) is 0 Å². The highest BCUT2D eigenvalue weighted by molar-refractivity contribution is 4.69. The first-order chi connectivity index (χ1) is 7.71. The molecule has 0 aliphatic rings. The van der Waals surface area contributed by atoms with Gasteiger partial charge in [0.25, 0.3) is 0 Å². The van der Waals surface area contributed by atoms with Crippen LogP contribution in [0.5, 0.6) is 0 Å². The molecule has 0 N–H and O–H groups in total. The van der Waals surface area contributed by atoms with Gasteiger partial charge < -0.3 is 0 Å². The third kappa shape index (κ3) is 5.86. The van der Waals surface area contributed by atoms with E-state index in [4.69, 9.17) is 0 Å². The molecule has 16 heavy (non-hydrogen) atoms. The van der Waals surface area contributed by atoms with Gasteiger partial charge in [-0.1, -0.05) is 27.7 Å². The van der Waals surface area contributed by atoms with E-state index in [0.29, 0.717) is 6.17 Å². The molecule has 0 fully saturated rings. The Balaban J connectivity index is 4.31. The van der Waals surface area contributed by atoms with E-state index in [9.17, 15) is 0 Å². The summed E-state index contributed by atoms with van der Waals surface area (Å²) in [5.41, 5.74) is 0. The van der Waals surface area contributed by atoms with Crippen LogP contribution in [0.1, 0.15) is 60.3 Å². The van der Waals surface area contributed by atoms with E-state index in [2.05, 4.69) is 44.4 Å². The number of rotatable bonds is 10. The Morgan fingerprint density at radius 3 is 1.06 bits per heavy atom. The van der Waals surface area contributed by atoms with Crippen LogP contribution < -0.4 is 0 Å². The van der Waals surface area contributed by atoms with Crippen LogP contribution in [-0.4, -0.2) is 42.1 Å². The number of hydrogen-bond donors (Lipinski definition) is 0. The van der Waals surface area contributed by atoms with Crippen LogP contribution in [0.2, 0.25) is 0 Å². The van der Waals surface area contributed by atoms with Crippen molar-refractivity contribution in [2.45, 2.75) is 66.5 Å². The van der Waals surface area contributed by atoms with Gasteiger partial charge in [0.1, 0.15) is 0 Å². The fourth-order valence-electron chi connectivity index (χ4n) is 2.35. The van der Waals surface area contributed by atoms with E-state index < -0.39 is 0 Å². The molecule has 0 aliphatic heterocycles. The summed E-state index contributed by atoms with van der Waals surface area (Å²) in [6.07, 6.45) is 5.65. The van der Waals surface area contributed by atoms with Crippen molar-refractivity contribution in [3.05, 3.63) is 0 Å². The van der Waals surface area contributed by atoms with Gasteiger partial charge in [-0.25, -0.2) is 0 Å². The summed E-state index contributed by atoms with van der Waals surface area (Å²) >= 11 is 0. The van der Waals surface area contributed by atoms with Gasteiger partial charge in [-0.3, -0.25) is 9.80 Å². The van der Waals surface area contributed by atoms with Crippen LogP contribution in [0.3, 0.4) is 0 Å². The molecular formula is C14H32N2. The Hall–Kier alpha value is -0.0800. The standard InChI is InChI=1S/C14H32N2/c1-6-10-15(11-7-2)14(5)16(12-8-3)13-9-4/h14H,6-13H2,1-5H3. The molecule has 2 nitrogen and oxygen atoms in total. The van der Waals surface area contributed by atoms with E-state index in [1.54, 1.807) is 0 Å². The van der Waals surface area contributed by atoms with Crippen molar-refractivity contribution in [3.8, 4) is 0 Å². The topological polar surface area (TPSA) is 6.48 Å². The molecule has 0 amide bonds. The minimum absolute atomic E-state index is 0.611. The second kappa shape index (κ2) is 10.1. The first-order valence-electron chi connectivity index (χ1n) is 7.19. The molecule has 0 radical (unpaired) electrons. The van der Waals surface area contributed by atoms with Gasteiger partial charge in [0, 0.05) is 0 Å². The highest BCUT2D eigenvalue weighted by Gasteiger charge is 2.18. The molecule has 0 aromatic rings. The zero-order valence-corrected chi connectivity index (χ0v) is 12.1. The van der Waals surface area contributed by atoms with Crippen LogP contribution >= 0.6 is 0 Å². The smallest absolute Gasteiger partial charge is 0.0593 e. The van der Waals surface area contributed by atoms with E-state index in [-0.39, 0.29) is 0 Å². The summed E-state index contributed by atoms with van der Waals surface area (Å²) in [7, 11) is 0. The van der Waals surface area contributed by atoms with Gasteiger partial charge in [0.05, 0.1) is 6.17 Å². The van der Waals surface area contributed by atoms with Crippen molar-refractivity contribution < 1.29 is 0 Å². The highest BCUT2D eigenvalue weighted by Crippen LogP contribution is 2.09. The summed E-state index contributed by atoms with van der Waals surface area (Å²) in [4.78, 5) is 5.26. The molecule has 98 valence electrons. The molecule has 0 saturated carbocycles. The molecule has 0 atom stereocenters. The molecule has 0 unspecified atom stereocenters. The molecule has 0 spiro atoms. The van der Waals surface area contributed by atoms with Crippen LogP contribution in [0.15, 0.2) is 0 Å². The zero-order valence-electron chi connectivity index (χ0n) is 12.1. The molecular weight excluding hydrogens is 196 g/mol. The number of hydrogen-bond acceptors (Lipinski definition) is 2. The van der Waals surface area contributed by atoms with Crippen LogP contribution in [0.4, 0.5) is 0 Å². The third-order valence-corrected chi connectivity index (χ3v) is 3.10. The van der Waals surface area contributed by atoms with Crippen molar-refractivity contribution in [2.75, 3.05) is 26.2 Å². The van der Waals surface area contributed by atoms with Gasteiger partial charge in [-0.2, -0.15) is 0 Å².